The molecular formula is C21H26N2O. The standard InChI is InChI=1S/C21H26N2O/c1-3-21-10-17(21)12-8-16-19-14(6-7-23(11-12)20(16)21)15-9-13(24-2)4-5-18(15)22-19/h4-5,9,12,16-17,20,22H,3,6-8,10-11H2,1-2H3/t12-,16-,17-,20?,21?/m0/s1. The molecule has 3 nitrogen and oxygen atoms in total. The van der Waals surface area contributed by atoms with Crippen LogP contribution in [-0.2, 0) is 6.42 Å². The van der Waals surface area contributed by atoms with Gasteiger partial charge in [-0.1, -0.05) is 6.92 Å². The minimum Gasteiger partial charge on any atom is -0.497 e. The molecule has 0 radical (unpaired) electrons. The molecule has 2 aliphatic carbocycles. The van der Waals surface area contributed by atoms with Crippen LogP contribution in [0.1, 0.15) is 43.4 Å². The minimum atomic E-state index is 0.641. The first-order valence-corrected chi connectivity index (χ1v) is 9.67. The Morgan fingerprint density at radius 2 is 2.29 bits per heavy atom. The summed E-state index contributed by atoms with van der Waals surface area (Å²) in [5.41, 5.74) is 5.08. The number of piperidine rings is 2. The van der Waals surface area contributed by atoms with Crippen molar-refractivity contribution in [3.63, 3.8) is 0 Å². The SMILES string of the molecule is CCC12C[C@H]1[C@H]1C[C@H]3c4[nH]c5ccc(OC)cc5c4CCN(C1)C32. The quantitative estimate of drug-likeness (QED) is 0.907. The van der Waals surface area contributed by atoms with Gasteiger partial charge in [0.2, 0.25) is 0 Å². The van der Waals surface area contributed by atoms with E-state index in [0.29, 0.717) is 5.41 Å². The average molecular weight is 322 g/mol. The number of benzene rings is 1. The number of hydrogen-bond donors (Lipinski definition) is 1. The molecule has 3 unspecified atom stereocenters. The highest BCUT2D eigenvalue weighted by Gasteiger charge is 2.70. The molecule has 3 heteroatoms. The van der Waals surface area contributed by atoms with Crippen LogP contribution >= 0.6 is 0 Å². The number of methoxy groups -OCH3 is 1. The first-order chi connectivity index (χ1) is 11.7. The second-order valence-electron chi connectivity index (χ2n) is 8.62. The monoisotopic (exact) mass is 322 g/mol. The fourth-order valence-corrected chi connectivity index (χ4v) is 6.92. The Morgan fingerprint density at radius 1 is 1.38 bits per heavy atom. The van der Waals surface area contributed by atoms with Gasteiger partial charge in [-0.2, -0.15) is 0 Å². The van der Waals surface area contributed by atoms with Crippen molar-refractivity contribution in [3.8, 4) is 5.75 Å². The maximum absolute atomic E-state index is 5.48. The Hall–Kier alpha value is -1.48. The average Bonchev–Trinajstić information content (AvgIpc) is 3.31. The van der Waals surface area contributed by atoms with Gasteiger partial charge in [-0.3, -0.25) is 4.90 Å². The van der Waals surface area contributed by atoms with Gasteiger partial charge < -0.3 is 9.72 Å². The predicted octanol–water partition coefficient (Wildman–Crippen LogP) is 3.94. The largest absolute Gasteiger partial charge is 0.497 e. The lowest BCUT2D eigenvalue weighted by Gasteiger charge is -2.53. The van der Waals surface area contributed by atoms with Crippen molar-refractivity contribution in [3.05, 3.63) is 29.5 Å². The van der Waals surface area contributed by atoms with Gasteiger partial charge in [-0.25, -0.2) is 0 Å². The van der Waals surface area contributed by atoms with Crippen molar-refractivity contribution < 1.29 is 4.74 Å². The van der Waals surface area contributed by atoms with Gasteiger partial charge in [0, 0.05) is 41.6 Å². The molecule has 1 aromatic heterocycles. The molecule has 0 amide bonds. The lowest BCUT2D eigenvalue weighted by Crippen LogP contribution is -2.57. The van der Waals surface area contributed by atoms with E-state index in [9.17, 15) is 0 Å². The number of H-pyrrole nitrogens is 1. The van der Waals surface area contributed by atoms with Gasteiger partial charge in [0.25, 0.3) is 0 Å². The smallest absolute Gasteiger partial charge is 0.119 e. The Labute approximate surface area is 143 Å². The summed E-state index contributed by atoms with van der Waals surface area (Å²) in [6.07, 6.45) is 5.46. The number of aromatic nitrogens is 1. The van der Waals surface area contributed by atoms with Gasteiger partial charge in [-0.05, 0) is 66.7 Å². The molecule has 7 rings (SSSR count). The Kier molecular flexibility index (Phi) is 2.51. The normalized spacial score (nSPS) is 41.7. The van der Waals surface area contributed by atoms with Crippen LogP contribution < -0.4 is 4.74 Å². The number of rotatable bonds is 2. The third-order valence-electron chi connectivity index (χ3n) is 7.96. The second kappa shape index (κ2) is 4.37. The highest BCUT2D eigenvalue weighted by molar-refractivity contribution is 5.86. The van der Waals surface area contributed by atoms with E-state index in [1.807, 2.05) is 0 Å². The lowest BCUT2D eigenvalue weighted by molar-refractivity contribution is -0.0209. The summed E-state index contributed by atoms with van der Waals surface area (Å²) in [6.45, 7) is 5.03. The predicted molar refractivity (Wildman–Crippen MR) is 95.6 cm³/mol. The van der Waals surface area contributed by atoms with Crippen LogP contribution in [0.15, 0.2) is 18.2 Å². The van der Waals surface area contributed by atoms with Gasteiger partial charge in [-0.15, -0.1) is 0 Å². The maximum Gasteiger partial charge on any atom is 0.119 e. The molecule has 2 aromatic rings. The van der Waals surface area contributed by atoms with Crippen LogP contribution in [0.4, 0.5) is 0 Å². The summed E-state index contributed by atoms with van der Waals surface area (Å²) in [4.78, 5) is 6.71. The zero-order chi connectivity index (χ0) is 16.1. The van der Waals surface area contributed by atoms with Gasteiger partial charge in [0.1, 0.15) is 5.75 Å². The molecule has 2 saturated carbocycles. The van der Waals surface area contributed by atoms with Gasteiger partial charge in [0.15, 0.2) is 0 Å². The molecule has 126 valence electrons. The van der Waals surface area contributed by atoms with Crippen LogP contribution in [0.2, 0.25) is 0 Å². The lowest BCUT2D eigenvalue weighted by atomic mass is 9.65. The van der Waals surface area contributed by atoms with Crippen molar-refractivity contribution in [2.24, 2.45) is 17.3 Å². The van der Waals surface area contributed by atoms with Gasteiger partial charge >= 0.3 is 0 Å². The van der Waals surface area contributed by atoms with Crippen molar-refractivity contribution >= 4 is 10.9 Å². The number of aromatic amines is 1. The number of fused-ring (bicyclic) bond motifs is 3. The van der Waals surface area contributed by atoms with E-state index >= 15 is 0 Å². The van der Waals surface area contributed by atoms with Gasteiger partial charge in [0.05, 0.1) is 7.11 Å². The minimum absolute atomic E-state index is 0.641. The van der Waals surface area contributed by atoms with Crippen LogP contribution in [0.3, 0.4) is 0 Å². The Bertz CT molecular complexity index is 840. The molecule has 1 aromatic carbocycles. The number of nitrogens with one attached hydrogen (secondary N) is 1. The third-order valence-corrected chi connectivity index (χ3v) is 7.96. The van der Waals surface area contributed by atoms with E-state index in [0.717, 1.165) is 29.5 Å². The molecular weight excluding hydrogens is 296 g/mol. The van der Waals surface area contributed by atoms with Crippen LogP contribution in [-0.4, -0.2) is 36.1 Å². The van der Waals surface area contributed by atoms with E-state index in [-0.39, 0.29) is 0 Å². The van der Waals surface area contributed by atoms with E-state index in [1.54, 1.807) is 18.4 Å². The molecule has 24 heavy (non-hydrogen) atoms. The van der Waals surface area contributed by atoms with E-state index in [1.165, 1.54) is 49.7 Å². The summed E-state index contributed by atoms with van der Waals surface area (Å²) >= 11 is 0. The van der Waals surface area contributed by atoms with Crippen LogP contribution in [0, 0.1) is 17.3 Å². The highest BCUT2D eigenvalue weighted by atomic mass is 16.5. The second-order valence-corrected chi connectivity index (χ2v) is 8.62. The van der Waals surface area contributed by atoms with Crippen LogP contribution in [0.25, 0.3) is 10.9 Å². The van der Waals surface area contributed by atoms with Crippen molar-refractivity contribution in [1.29, 1.82) is 0 Å². The Balaban J connectivity index is 1.54. The van der Waals surface area contributed by atoms with Crippen LogP contribution in [0.5, 0.6) is 5.75 Å². The van der Waals surface area contributed by atoms with E-state index < -0.39 is 0 Å². The molecule has 0 spiro atoms. The molecule has 1 N–H and O–H groups in total. The van der Waals surface area contributed by atoms with Crippen molar-refractivity contribution in [2.45, 2.75) is 44.6 Å². The maximum atomic E-state index is 5.48. The molecule has 2 saturated heterocycles. The molecule has 4 bridgehead atoms. The summed E-state index contributed by atoms with van der Waals surface area (Å²) in [5.74, 6) is 3.67. The zero-order valence-electron chi connectivity index (χ0n) is 14.6. The molecule has 4 fully saturated rings. The number of nitrogens with zero attached hydrogens (tertiary/aromatic N) is 1. The third kappa shape index (κ3) is 1.49. The van der Waals surface area contributed by atoms with E-state index in [4.69, 9.17) is 4.74 Å². The summed E-state index contributed by atoms with van der Waals surface area (Å²) in [6, 6.07) is 7.32. The zero-order valence-corrected chi connectivity index (χ0v) is 14.6. The molecule has 4 heterocycles. The summed E-state index contributed by atoms with van der Waals surface area (Å²) < 4.78 is 5.48. The summed E-state index contributed by atoms with van der Waals surface area (Å²) in [5, 5.41) is 1.40. The fourth-order valence-electron chi connectivity index (χ4n) is 6.92. The van der Waals surface area contributed by atoms with Crippen molar-refractivity contribution in [1.82, 2.24) is 9.88 Å². The topological polar surface area (TPSA) is 28.3 Å². The molecule has 5 aliphatic rings. The molecule has 6 atom stereocenters. The Morgan fingerprint density at radius 3 is 3.12 bits per heavy atom. The fraction of sp³-hybridized carbons (Fsp3) is 0.619. The first kappa shape index (κ1) is 13.8. The highest BCUT2D eigenvalue weighted by Crippen LogP contribution is 2.72. The van der Waals surface area contributed by atoms with Crippen molar-refractivity contribution in [2.75, 3.05) is 20.2 Å². The summed E-state index contributed by atoms with van der Waals surface area (Å²) in [7, 11) is 1.77. The number of ether oxygens (including phenoxy) is 1. The number of hydrogen-bond acceptors (Lipinski definition) is 2. The first-order valence-electron chi connectivity index (χ1n) is 9.67. The van der Waals surface area contributed by atoms with E-state index in [2.05, 4.69) is 35.0 Å². The molecule has 3 aliphatic heterocycles.